The molecule has 1 unspecified atom stereocenters. The number of rotatable bonds is 1. The van der Waals surface area contributed by atoms with Gasteiger partial charge in [-0.25, -0.2) is 0 Å². The van der Waals surface area contributed by atoms with Gasteiger partial charge < -0.3 is 9.84 Å². The molecular weight excluding hydrogens is 200 g/mol. The smallest absolute Gasteiger partial charge is 0.143 e. The topological polar surface area (TPSA) is 29.5 Å². The predicted molar refractivity (Wildman–Crippen MR) is 64.1 cm³/mol. The van der Waals surface area contributed by atoms with E-state index in [1.165, 1.54) is 0 Å². The van der Waals surface area contributed by atoms with Gasteiger partial charge in [-0.2, -0.15) is 0 Å². The van der Waals surface area contributed by atoms with Crippen LogP contribution in [-0.4, -0.2) is 17.8 Å². The molecular formula is C14H14O2. The molecule has 0 saturated carbocycles. The summed E-state index contributed by atoms with van der Waals surface area (Å²) in [5.74, 6) is 6.89. The lowest BCUT2D eigenvalue weighted by molar-refractivity contribution is 0.147. The summed E-state index contributed by atoms with van der Waals surface area (Å²) in [4.78, 5) is 0. The van der Waals surface area contributed by atoms with E-state index in [9.17, 15) is 0 Å². The lowest BCUT2D eigenvalue weighted by Crippen LogP contribution is -2.21. The molecule has 2 rings (SSSR count). The van der Waals surface area contributed by atoms with E-state index >= 15 is 0 Å². The first kappa shape index (κ1) is 10.8. The second kappa shape index (κ2) is 4.87. The highest BCUT2D eigenvalue weighted by Gasteiger charge is 2.15. The number of aliphatic hydroxyl groups is 1. The summed E-state index contributed by atoms with van der Waals surface area (Å²) in [6.45, 7) is 2.01. The Kier molecular flexibility index (Phi) is 3.28. The highest BCUT2D eigenvalue weighted by Crippen LogP contribution is 2.29. The second-order valence-electron chi connectivity index (χ2n) is 3.58. The van der Waals surface area contributed by atoms with Gasteiger partial charge in [0.05, 0.1) is 12.2 Å². The summed E-state index contributed by atoms with van der Waals surface area (Å²) in [6.07, 6.45) is 4.40. The number of para-hydroxylation sites is 1. The summed E-state index contributed by atoms with van der Waals surface area (Å²) in [7, 11) is 0. The quantitative estimate of drug-likeness (QED) is 0.726. The molecule has 0 spiro atoms. The Morgan fingerprint density at radius 1 is 1.44 bits per heavy atom. The van der Waals surface area contributed by atoms with Gasteiger partial charge in [0.1, 0.15) is 11.9 Å². The van der Waals surface area contributed by atoms with E-state index in [1.54, 1.807) is 0 Å². The lowest BCUT2D eigenvalue weighted by Gasteiger charge is -2.20. The van der Waals surface area contributed by atoms with Gasteiger partial charge in [-0.05, 0) is 12.1 Å². The van der Waals surface area contributed by atoms with Crippen LogP contribution in [0.5, 0.6) is 5.75 Å². The minimum Gasteiger partial charge on any atom is -0.482 e. The monoisotopic (exact) mass is 214 g/mol. The number of aliphatic hydroxyl groups excluding tert-OH is 1. The highest BCUT2D eigenvalue weighted by atomic mass is 16.5. The van der Waals surface area contributed by atoms with Gasteiger partial charge in [0.25, 0.3) is 0 Å². The Balaban J connectivity index is 2.40. The average molecular weight is 214 g/mol. The number of hydrogen-bond acceptors (Lipinski definition) is 2. The first-order valence-electron chi connectivity index (χ1n) is 5.42. The first-order valence-corrected chi connectivity index (χ1v) is 5.42. The zero-order valence-electron chi connectivity index (χ0n) is 9.23. The van der Waals surface area contributed by atoms with Crippen LogP contribution < -0.4 is 4.74 Å². The van der Waals surface area contributed by atoms with Crippen molar-refractivity contribution >= 4 is 6.08 Å². The largest absolute Gasteiger partial charge is 0.482 e. The van der Waals surface area contributed by atoms with E-state index < -0.39 is 0 Å². The average Bonchev–Trinajstić information content (AvgIpc) is 2.35. The molecule has 0 bridgehead atoms. The van der Waals surface area contributed by atoms with Gasteiger partial charge in [0.2, 0.25) is 0 Å². The summed E-state index contributed by atoms with van der Waals surface area (Å²) in [6, 6.07) is 5.89. The van der Waals surface area contributed by atoms with Crippen molar-refractivity contribution in [1.82, 2.24) is 0 Å². The molecule has 0 amide bonds. The van der Waals surface area contributed by atoms with Crippen LogP contribution in [0.3, 0.4) is 0 Å². The van der Waals surface area contributed by atoms with Crippen LogP contribution in [0.25, 0.3) is 6.08 Å². The van der Waals surface area contributed by atoms with Crippen molar-refractivity contribution in [3.63, 3.8) is 0 Å². The molecule has 1 heterocycles. The fraction of sp³-hybridized carbons (Fsp3) is 0.286. The first-order chi connectivity index (χ1) is 7.85. The van der Waals surface area contributed by atoms with Crippen LogP contribution >= 0.6 is 0 Å². The molecule has 0 saturated heterocycles. The lowest BCUT2D eigenvalue weighted by atomic mass is 10.1. The van der Waals surface area contributed by atoms with Crippen LogP contribution in [0, 0.1) is 11.8 Å². The zero-order valence-corrected chi connectivity index (χ0v) is 9.23. The Labute approximate surface area is 95.6 Å². The Morgan fingerprint density at radius 3 is 3.06 bits per heavy atom. The molecule has 16 heavy (non-hydrogen) atoms. The molecule has 2 heteroatoms. The van der Waals surface area contributed by atoms with Crippen LogP contribution in [0.1, 0.15) is 24.5 Å². The van der Waals surface area contributed by atoms with Crippen molar-refractivity contribution in [3.8, 4) is 17.6 Å². The molecule has 1 aromatic carbocycles. The van der Waals surface area contributed by atoms with Crippen LogP contribution in [0.15, 0.2) is 24.3 Å². The van der Waals surface area contributed by atoms with Gasteiger partial charge >= 0.3 is 0 Å². The standard InChI is InChI=1S/C14H14O2/c1-2-3-5-11-6-4-7-12-8-9-13(10-15)16-14(11)12/h4,6-9,13,15H,2,10H2,1H3. The van der Waals surface area contributed by atoms with Gasteiger partial charge in [0, 0.05) is 12.0 Å². The number of benzene rings is 1. The molecule has 2 nitrogen and oxygen atoms in total. The van der Waals surface area contributed by atoms with E-state index in [1.807, 2.05) is 37.3 Å². The van der Waals surface area contributed by atoms with Gasteiger partial charge in [-0.3, -0.25) is 0 Å². The summed E-state index contributed by atoms with van der Waals surface area (Å²) in [5.41, 5.74) is 1.91. The van der Waals surface area contributed by atoms with Gasteiger partial charge in [-0.15, -0.1) is 0 Å². The highest BCUT2D eigenvalue weighted by molar-refractivity contribution is 5.65. The fourth-order valence-electron chi connectivity index (χ4n) is 1.60. The van der Waals surface area contributed by atoms with Crippen LogP contribution in [-0.2, 0) is 0 Å². The van der Waals surface area contributed by atoms with Crippen molar-refractivity contribution in [2.24, 2.45) is 0 Å². The third-order valence-corrected chi connectivity index (χ3v) is 2.38. The minimum atomic E-state index is -0.253. The Hall–Kier alpha value is -1.72. The molecule has 82 valence electrons. The van der Waals surface area contributed by atoms with Crippen molar-refractivity contribution in [1.29, 1.82) is 0 Å². The maximum Gasteiger partial charge on any atom is 0.143 e. The molecule has 1 N–H and O–H groups in total. The molecule has 1 atom stereocenters. The summed E-state index contributed by atoms with van der Waals surface area (Å²) < 4.78 is 5.67. The fourth-order valence-corrected chi connectivity index (χ4v) is 1.60. The zero-order chi connectivity index (χ0) is 11.4. The van der Waals surface area contributed by atoms with E-state index in [4.69, 9.17) is 9.84 Å². The minimum absolute atomic E-state index is 0.00845. The molecule has 1 aliphatic rings. The maximum atomic E-state index is 9.07. The summed E-state index contributed by atoms with van der Waals surface area (Å²) in [5, 5.41) is 9.07. The van der Waals surface area contributed by atoms with Crippen molar-refractivity contribution in [3.05, 3.63) is 35.4 Å². The second-order valence-corrected chi connectivity index (χ2v) is 3.58. The predicted octanol–water partition coefficient (Wildman–Crippen LogP) is 2.21. The number of fused-ring (bicyclic) bond motifs is 1. The van der Waals surface area contributed by atoms with Crippen molar-refractivity contribution < 1.29 is 9.84 Å². The van der Waals surface area contributed by atoms with E-state index in [0.717, 1.165) is 23.3 Å². The van der Waals surface area contributed by atoms with Crippen molar-refractivity contribution in [2.75, 3.05) is 6.61 Å². The third kappa shape index (κ3) is 2.10. The van der Waals surface area contributed by atoms with Crippen molar-refractivity contribution in [2.45, 2.75) is 19.4 Å². The van der Waals surface area contributed by atoms with Gasteiger partial charge in [0.15, 0.2) is 0 Å². The molecule has 1 aromatic rings. The molecule has 0 aliphatic carbocycles. The molecule has 0 fully saturated rings. The Morgan fingerprint density at radius 2 is 2.31 bits per heavy atom. The van der Waals surface area contributed by atoms with Gasteiger partial charge in [-0.1, -0.05) is 37.0 Å². The third-order valence-electron chi connectivity index (χ3n) is 2.38. The molecule has 0 radical (unpaired) electrons. The van der Waals surface area contributed by atoms with E-state index in [-0.39, 0.29) is 12.7 Å². The molecule has 1 aliphatic heterocycles. The number of hydrogen-bond donors (Lipinski definition) is 1. The molecule has 0 aromatic heterocycles. The van der Waals surface area contributed by atoms with E-state index in [2.05, 4.69) is 11.8 Å². The SMILES string of the molecule is CCC#Cc1cccc2c1OC(CO)C=C2. The van der Waals surface area contributed by atoms with Crippen LogP contribution in [0.2, 0.25) is 0 Å². The summed E-state index contributed by atoms with van der Waals surface area (Å²) >= 11 is 0. The van der Waals surface area contributed by atoms with E-state index in [0.29, 0.717) is 0 Å². The normalized spacial score (nSPS) is 17.0. The van der Waals surface area contributed by atoms with Crippen LogP contribution in [0.4, 0.5) is 0 Å². The number of ether oxygens (including phenoxy) is 1. The Bertz CT molecular complexity index is 463. The maximum absolute atomic E-state index is 9.07.